The van der Waals surface area contributed by atoms with Gasteiger partial charge in [0.15, 0.2) is 5.01 Å². The second-order valence-electron chi connectivity index (χ2n) is 4.39. The van der Waals surface area contributed by atoms with Gasteiger partial charge in [-0.05, 0) is 30.3 Å². The fourth-order valence-electron chi connectivity index (χ4n) is 1.90. The molecule has 0 aliphatic rings. The largest absolute Gasteiger partial charge is 0.366 e. The lowest BCUT2D eigenvalue weighted by Gasteiger charge is -2.04. The highest BCUT2D eigenvalue weighted by Crippen LogP contribution is 2.22. The maximum Gasteiger partial charge on any atom is 0.284 e. The van der Waals surface area contributed by atoms with Crippen molar-refractivity contribution in [1.82, 2.24) is 4.98 Å². The number of hydrogen-bond donors (Lipinski definition) is 2. The van der Waals surface area contributed by atoms with E-state index in [1.54, 1.807) is 18.2 Å². The topological polar surface area (TPSA) is 85.1 Å². The van der Waals surface area contributed by atoms with E-state index in [2.05, 4.69) is 10.3 Å². The van der Waals surface area contributed by atoms with Crippen LogP contribution in [0.15, 0.2) is 48.5 Å². The lowest BCUT2D eigenvalue weighted by atomic mass is 10.2. The summed E-state index contributed by atoms with van der Waals surface area (Å²) in [5.74, 6) is -0.844. The van der Waals surface area contributed by atoms with Gasteiger partial charge in [0.1, 0.15) is 0 Å². The number of amides is 2. The van der Waals surface area contributed by atoms with Crippen molar-refractivity contribution >= 4 is 39.1 Å². The highest BCUT2D eigenvalue weighted by molar-refractivity contribution is 7.20. The van der Waals surface area contributed by atoms with E-state index in [0.717, 1.165) is 10.2 Å². The van der Waals surface area contributed by atoms with Gasteiger partial charge < -0.3 is 11.1 Å². The lowest BCUT2D eigenvalue weighted by molar-refractivity contribution is 0.0996. The number of nitrogens with two attached hydrogens (primary N) is 1. The maximum atomic E-state index is 12.2. The number of carbonyl (C=O) groups excluding carboxylic acids is 2. The van der Waals surface area contributed by atoms with Crippen molar-refractivity contribution in [3.63, 3.8) is 0 Å². The smallest absolute Gasteiger partial charge is 0.284 e. The molecular weight excluding hydrogens is 286 g/mol. The molecule has 2 aromatic carbocycles. The van der Waals surface area contributed by atoms with Crippen molar-refractivity contribution < 1.29 is 9.59 Å². The Morgan fingerprint density at radius 3 is 2.67 bits per heavy atom. The van der Waals surface area contributed by atoms with Gasteiger partial charge in [0.05, 0.1) is 10.2 Å². The van der Waals surface area contributed by atoms with E-state index in [-0.39, 0.29) is 5.91 Å². The van der Waals surface area contributed by atoms with Gasteiger partial charge in [-0.1, -0.05) is 18.2 Å². The first kappa shape index (κ1) is 13.3. The molecule has 0 saturated heterocycles. The molecule has 0 aliphatic carbocycles. The lowest BCUT2D eigenvalue weighted by Crippen LogP contribution is -2.14. The maximum absolute atomic E-state index is 12.2. The number of nitrogens with one attached hydrogen (secondary N) is 1. The molecule has 0 atom stereocenters. The van der Waals surface area contributed by atoms with Crippen molar-refractivity contribution in [2.24, 2.45) is 5.73 Å². The van der Waals surface area contributed by atoms with Gasteiger partial charge in [-0.15, -0.1) is 11.3 Å². The molecule has 5 nitrogen and oxygen atoms in total. The number of benzene rings is 2. The number of rotatable bonds is 3. The second-order valence-corrected chi connectivity index (χ2v) is 5.42. The Morgan fingerprint density at radius 1 is 1.10 bits per heavy atom. The van der Waals surface area contributed by atoms with Crippen LogP contribution in [0.25, 0.3) is 10.2 Å². The molecule has 0 unspecified atom stereocenters. The molecule has 1 aromatic heterocycles. The van der Waals surface area contributed by atoms with E-state index >= 15 is 0 Å². The van der Waals surface area contributed by atoms with Crippen molar-refractivity contribution in [3.8, 4) is 0 Å². The van der Waals surface area contributed by atoms with Crippen LogP contribution >= 0.6 is 11.3 Å². The molecule has 3 N–H and O–H groups in total. The van der Waals surface area contributed by atoms with Gasteiger partial charge in [-0.25, -0.2) is 4.98 Å². The van der Waals surface area contributed by atoms with E-state index in [1.165, 1.54) is 17.4 Å². The van der Waals surface area contributed by atoms with Gasteiger partial charge in [0.25, 0.3) is 5.91 Å². The number of anilines is 1. The molecule has 3 aromatic rings. The zero-order valence-corrected chi connectivity index (χ0v) is 11.7. The Hall–Kier alpha value is -2.73. The zero-order valence-electron chi connectivity index (χ0n) is 10.9. The highest BCUT2D eigenvalue weighted by atomic mass is 32.1. The number of aromatic nitrogens is 1. The number of nitrogens with zero attached hydrogens (tertiary/aromatic N) is 1. The van der Waals surface area contributed by atoms with Crippen molar-refractivity contribution in [2.75, 3.05) is 5.32 Å². The normalized spacial score (nSPS) is 10.5. The van der Waals surface area contributed by atoms with Crippen LogP contribution in [0.3, 0.4) is 0 Å². The zero-order chi connectivity index (χ0) is 14.8. The molecule has 0 aliphatic heterocycles. The standard InChI is InChI=1S/C15H11N3O2S/c16-13(19)9-4-3-5-10(8-9)17-14(20)15-18-11-6-1-2-7-12(11)21-15/h1-8H,(H2,16,19)(H,17,20). The molecule has 6 heteroatoms. The monoisotopic (exact) mass is 297 g/mol. The molecule has 0 saturated carbocycles. The van der Waals surface area contributed by atoms with Crippen LogP contribution in [0.5, 0.6) is 0 Å². The fourth-order valence-corrected chi connectivity index (χ4v) is 2.76. The summed E-state index contributed by atoms with van der Waals surface area (Å²) in [6.07, 6.45) is 0. The van der Waals surface area contributed by atoms with E-state index in [4.69, 9.17) is 5.73 Å². The number of carbonyl (C=O) groups is 2. The van der Waals surface area contributed by atoms with Gasteiger partial charge in [0.2, 0.25) is 5.91 Å². The van der Waals surface area contributed by atoms with Crippen molar-refractivity contribution in [2.45, 2.75) is 0 Å². The average molecular weight is 297 g/mol. The Labute approximate surface area is 124 Å². The summed E-state index contributed by atoms with van der Waals surface area (Å²) in [7, 11) is 0. The Bertz CT molecular complexity index is 809. The molecular formula is C15H11N3O2S. The van der Waals surface area contributed by atoms with Crippen LogP contribution < -0.4 is 11.1 Å². The fraction of sp³-hybridized carbons (Fsp3) is 0. The quantitative estimate of drug-likeness (QED) is 0.779. The van der Waals surface area contributed by atoms with Crippen molar-refractivity contribution in [3.05, 3.63) is 59.1 Å². The number of primary amides is 1. The summed E-state index contributed by atoms with van der Waals surface area (Å²) in [4.78, 5) is 27.6. The first-order chi connectivity index (χ1) is 10.1. The summed E-state index contributed by atoms with van der Waals surface area (Å²) in [5, 5.41) is 3.09. The Balaban J connectivity index is 1.85. The predicted octanol–water partition coefficient (Wildman–Crippen LogP) is 2.65. The summed E-state index contributed by atoms with van der Waals surface area (Å²) in [5.41, 5.74) is 6.86. The van der Waals surface area contributed by atoms with Crippen LogP contribution in [-0.4, -0.2) is 16.8 Å². The molecule has 0 radical (unpaired) electrons. The molecule has 0 fully saturated rings. The van der Waals surface area contributed by atoms with Crippen LogP contribution in [0, 0.1) is 0 Å². The summed E-state index contributed by atoms with van der Waals surface area (Å²) in [6.45, 7) is 0. The molecule has 1 heterocycles. The van der Waals surface area contributed by atoms with Crippen LogP contribution in [0.2, 0.25) is 0 Å². The molecule has 0 bridgehead atoms. The predicted molar refractivity (Wildman–Crippen MR) is 82.5 cm³/mol. The van der Waals surface area contributed by atoms with Crippen LogP contribution in [0.1, 0.15) is 20.2 Å². The summed E-state index contributed by atoms with van der Waals surface area (Å²) >= 11 is 1.32. The second kappa shape index (κ2) is 5.34. The average Bonchev–Trinajstić information content (AvgIpc) is 2.91. The van der Waals surface area contributed by atoms with Gasteiger partial charge >= 0.3 is 0 Å². The van der Waals surface area contributed by atoms with E-state index in [9.17, 15) is 9.59 Å². The van der Waals surface area contributed by atoms with Crippen LogP contribution in [-0.2, 0) is 0 Å². The SMILES string of the molecule is NC(=O)c1cccc(NC(=O)c2nc3ccccc3s2)c1. The minimum absolute atomic E-state index is 0.308. The summed E-state index contributed by atoms with van der Waals surface area (Å²) < 4.78 is 0.952. The Kier molecular flexibility index (Phi) is 3.37. The third-order valence-corrected chi connectivity index (χ3v) is 3.93. The first-order valence-electron chi connectivity index (χ1n) is 6.20. The number of para-hydroxylation sites is 1. The van der Waals surface area contributed by atoms with E-state index < -0.39 is 5.91 Å². The number of fused-ring (bicyclic) bond motifs is 1. The van der Waals surface area contributed by atoms with Crippen molar-refractivity contribution in [1.29, 1.82) is 0 Å². The number of hydrogen-bond acceptors (Lipinski definition) is 4. The minimum Gasteiger partial charge on any atom is -0.366 e. The highest BCUT2D eigenvalue weighted by Gasteiger charge is 2.12. The van der Waals surface area contributed by atoms with Gasteiger partial charge in [0, 0.05) is 11.3 Å². The van der Waals surface area contributed by atoms with Gasteiger partial charge in [-0.2, -0.15) is 0 Å². The molecule has 0 spiro atoms. The van der Waals surface area contributed by atoms with Gasteiger partial charge in [-0.3, -0.25) is 9.59 Å². The third kappa shape index (κ3) is 2.75. The third-order valence-electron chi connectivity index (χ3n) is 2.89. The minimum atomic E-state index is -0.536. The number of thiazole rings is 1. The van der Waals surface area contributed by atoms with E-state index in [1.807, 2.05) is 24.3 Å². The molecule has 2 amide bonds. The van der Waals surface area contributed by atoms with E-state index in [0.29, 0.717) is 16.3 Å². The molecule has 104 valence electrons. The van der Waals surface area contributed by atoms with Crippen LogP contribution in [0.4, 0.5) is 5.69 Å². The Morgan fingerprint density at radius 2 is 1.90 bits per heavy atom. The summed E-state index contributed by atoms with van der Waals surface area (Å²) in [6, 6.07) is 14.0. The molecule has 21 heavy (non-hydrogen) atoms. The first-order valence-corrected chi connectivity index (χ1v) is 7.02. The molecule has 3 rings (SSSR count).